The fraction of sp³-hybridized carbons (Fsp3) is 0.222. The zero-order valence-corrected chi connectivity index (χ0v) is 13.6. The maximum atomic E-state index is 12.7. The Kier molecular flexibility index (Phi) is 4.26. The molecule has 4 heteroatoms. The summed E-state index contributed by atoms with van der Waals surface area (Å²) in [5.74, 6) is 0.0342. The molecule has 22 heavy (non-hydrogen) atoms. The van der Waals surface area contributed by atoms with E-state index in [2.05, 4.69) is 22.0 Å². The highest BCUT2D eigenvalue weighted by atomic mass is 79.9. The molecule has 1 saturated carbocycles. The minimum absolute atomic E-state index is 0.0342. The van der Waals surface area contributed by atoms with Crippen molar-refractivity contribution in [3.8, 4) is 6.07 Å². The van der Waals surface area contributed by atoms with Gasteiger partial charge in [0.2, 0.25) is 0 Å². The minimum Gasteiger partial charge on any atom is -0.331 e. The second kappa shape index (κ2) is 6.33. The van der Waals surface area contributed by atoms with Crippen LogP contribution in [0, 0.1) is 11.3 Å². The van der Waals surface area contributed by atoms with Crippen LogP contribution >= 0.6 is 15.9 Å². The maximum absolute atomic E-state index is 12.7. The maximum Gasteiger partial charge on any atom is 0.254 e. The highest BCUT2D eigenvalue weighted by Crippen LogP contribution is 2.30. The van der Waals surface area contributed by atoms with Gasteiger partial charge in [0.25, 0.3) is 5.91 Å². The second-order valence-corrected chi connectivity index (χ2v) is 6.40. The van der Waals surface area contributed by atoms with Crippen molar-refractivity contribution in [1.29, 1.82) is 5.26 Å². The second-order valence-electron chi connectivity index (χ2n) is 5.48. The molecule has 0 heterocycles. The van der Waals surface area contributed by atoms with Gasteiger partial charge in [0.1, 0.15) is 0 Å². The first-order valence-electron chi connectivity index (χ1n) is 7.23. The molecule has 1 aliphatic rings. The van der Waals surface area contributed by atoms with E-state index in [4.69, 9.17) is 5.26 Å². The van der Waals surface area contributed by atoms with Gasteiger partial charge in [0, 0.05) is 22.6 Å². The predicted molar refractivity (Wildman–Crippen MR) is 88.2 cm³/mol. The molecule has 0 radical (unpaired) electrons. The third-order valence-corrected chi connectivity index (χ3v) is 4.24. The molecule has 110 valence electrons. The van der Waals surface area contributed by atoms with E-state index in [0.29, 0.717) is 23.7 Å². The van der Waals surface area contributed by atoms with E-state index in [9.17, 15) is 4.79 Å². The Labute approximate surface area is 138 Å². The minimum atomic E-state index is 0.0342. The molecule has 1 amide bonds. The predicted octanol–water partition coefficient (Wildman–Crippen LogP) is 4.13. The summed E-state index contributed by atoms with van der Waals surface area (Å²) in [5, 5.41) is 8.85. The van der Waals surface area contributed by atoms with Crippen LogP contribution < -0.4 is 0 Å². The smallest absolute Gasteiger partial charge is 0.254 e. The lowest BCUT2D eigenvalue weighted by atomic mass is 10.1. The summed E-state index contributed by atoms with van der Waals surface area (Å²) < 4.78 is 1.02. The Hall–Kier alpha value is -2.12. The van der Waals surface area contributed by atoms with E-state index in [-0.39, 0.29) is 5.91 Å². The van der Waals surface area contributed by atoms with E-state index < -0.39 is 0 Å². The quantitative estimate of drug-likeness (QED) is 0.828. The zero-order valence-electron chi connectivity index (χ0n) is 12.0. The molecule has 0 bridgehead atoms. The first-order valence-corrected chi connectivity index (χ1v) is 8.02. The summed E-state index contributed by atoms with van der Waals surface area (Å²) in [6, 6.07) is 17.3. The van der Waals surface area contributed by atoms with Gasteiger partial charge in [-0.3, -0.25) is 4.79 Å². The van der Waals surface area contributed by atoms with E-state index in [1.165, 1.54) is 0 Å². The van der Waals surface area contributed by atoms with Crippen LogP contribution in [-0.4, -0.2) is 16.8 Å². The molecule has 0 atom stereocenters. The number of nitriles is 1. The van der Waals surface area contributed by atoms with Gasteiger partial charge in [-0.2, -0.15) is 5.26 Å². The van der Waals surface area contributed by atoms with E-state index >= 15 is 0 Å². The van der Waals surface area contributed by atoms with Gasteiger partial charge >= 0.3 is 0 Å². The zero-order chi connectivity index (χ0) is 15.5. The molecule has 0 saturated heterocycles. The van der Waals surface area contributed by atoms with E-state index in [1.54, 1.807) is 24.3 Å². The number of hydrogen-bond acceptors (Lipinski definition) is 2. The summed E-state index contributed by atoms with van der Waals surface area (Å²) in [4.78, 5) is 14.7. The van der Waals surface area contributed by atoms with Crippen LogP contribution in [-0.2, 0) is 6.54 Å². The molecule has 0 N–H and O–H groups in total. The number of halogens is 1. The van der Waals surface area contributed by atoms with Crippen molar-refractivity contribution in [3.63, 3.8) is 0 Å². The monoisotopic (exact) mass is 354 g/mol. The number of rotatable bonds is 4. The topological polar surface area (TPSA) is 44.1 Å². The van der Waals surface area contributed by atoms with Gasteiger partial charge in [0.15, 0.2) is 0 Å². The Balaban J connectivity index is 1.81. The lowest BCUT2D eigenvalue weighted by Crippen LogP contribution is -2.32. The van der Waals surface area contributed by atoms with Crippen LogP contribution in [0.15, 0.2) is 53.0 Å². The molecule has 0 unspecified atom stereocenters. The van der Waals surface area contributed by atoms with Gasteiger partial charge < -0.3 is 4.90 Å². The van der Waals surface area contributed by atoms with Crippen LogP contribution in [0.5, 0.6) is 0 Å². The number of amides is 1. The Bertz CT molecular complexity index is 729. The fourth-order valence-corrected chi connectivity index (χ4v) is 2.88. The van der Waals surface area contributed by atoms with Crippen molar-refractivity contribution < 1.29 is 4.79 Å². The molecular weight excluding hydrogens is 340 g/mol. The Morgan fingerprint density at radius 3 is 2.55 bits per heavy atom. The Morgan fingerprint density at radius 1 is 1.23 bits per heavy atom. The highest BCUT2D eigenvalue weighted by Gasteiger charge is 2.33. The van der Waals surface area contributed by atoms with Crippen molar-refractivity contribution >= 4 is 21.8 Å². The van der Waals surface area contributed by atoms with Crippen molar-refractivity contribution in [2.45, 2.75) is 25.4 Å². The van der Waals surface area contributed by atoms with Gasteiger partial charge in [-0.1, -0.05) is 28.1 Å². The summed E-state index contributed by atoms with van der Waals surface area (Å²) in [6.45, 7) is 0.614. The van der Waals surface area contributed by atoms with Crippen molar-refractivity contribution in [2.75, 3.05) is 0 Å². The van der Waals surface area contributed by atoms with Crippen molar-refractivity contribution in [2.24, 2.45) is 0 Å². The molecule has 1 aliphatic carbocycles. The molecular formula is C18H15BrN2O. The van der Waals surface area contributed by atoms with Crippen molar-refractivity contribution in [3.05, 3.63) is 69.7 Å². The third-order valence-electron chi connectivity index (χ3n) is 3.75. The van der Waals surface area contributed by atoms with E-state index in [0.717, 1.165) is 22.9 Å². The highest BCUT2D eigenvalue weighted by molar-refractivity contribution is 9.10. The molecule has 0 spiro atoms. The number of carbonyl (C=O) groups excluding carboxylic acids is 1. The molecule has 2 aromatic rings. The SMILES string of the molecule is N#Cc1ccc(C(=O)N(Cc2cccc(Br)c2)C2CC2)cc1. The Morgan fingerprint density at radius 2 is 1.95 bits per heavy atom. The van der Waals surface area contributed by atoms with Gasteiger partial charge in [-0.15, -0.1) is 0 Å². The lowest BCUT2D eigenvalue weighted by molar-refractivity contribution is 0.0730. The first kappa shape index (κ1) is 14.8. The van der Waals surface area contributed by atoms with Crippen LogP contribution in [0.2, 0.25) is 0 Å². The molecule has 0 aliphatic heterocycles. The molecule has 0 aromatic heterocycles. The third kappa shape index (κ3) is 3.37. The van der Waals surface area contributed by atoms with Gasteiger partial charge in [-0.25, -0.2) is 0 Å². The van der Waals surface area contributed by atoms with Crippen LogP contribution in [0.3, 0.4) is 0 Å². The average molecular weight is 355 g/mol. The van der Waals surface area contributed by atoms with Gasteiger partial charge in [0.05, 0.1) is 11.6 Å². The van der Waals surface area contributed by atoms with Crippen LogP contribution in [0.1, 0.15) is 34.3 Å². The van der Waals surface area contributed by atoms with E-state index in [1.807, 2.05) is 29.2 Å². The summed E-state index contributed by atoms with van der Waals surface area (Å²) in [5.41, 5.74) is 2.32. The molecule has 2 aromatic carbocycles. The molecule has 1 fully saturated rings. The standard InChI is InChI=1S/C18H15BrN2O/c19-16-3-1-2-14(10-16)12-21(17-8-9-17)18(22)15-6-4-13(11-20)5-7-15/h1-7,10,17H,8-9,12H2. The van der Waals surface area contributed by atoms with Crippen molar-refractivity contribution in [1.82, 2.24) is 4.90 Å². The normalized spacial score (nSPS) is 13.5. The summed E-state index contributed by atoms with van der Waals surface area (Å²) in [6.07, 6.45) is 2.13. The van der Waals surface area contributed by atoms with Crippen LogP contribution in [0.4, 0.5) is 0 Å². The molecule has 3 nitrogen and oxygen atoms in total. The lowest BCUT2D eigenvalue weighted by Gasteiger charge is -2.23. The summed E-state index contributed by atoms with van der Waals surface area (Å²) >= 11 is 3.47. The fourth-order valence-electron chi connectivity index (χ4n) is 2.44. The van der Waals surface area contributed by atoms with Gasteiger partial charge in [-0.05, 0) is 54.8 Å². The summed E-state index contributed by atoms with van der Waals surface area (Å²) in [7, 11) is 0. The number of nitrogens with zero attached hydrogens (tertiary/aromatic N) is 2. The molecule has 3 rings (SSSR count). The van der Waals surface area contributed by atoms with Crippen LogP contribution in [0.25, 0.3) is 0 Å². The largest absolute Gasteiger partial charge is 0.331 e. The number of benzene rings is 2. The first-order chi connectivity index (χ1) is 10.7. The average Bonchev–Trinajstić information content (AvgIpc) is 3.37. The number of hydrogen-bond donors (Lipinski definition) is 0. The number of carbonyl (C=O) groups is 1.